The van der Waals surface area contributed by atoms with E-state index in [-0.39, 0.29) is 30.2 Å². The maximum Gasteiger partial charge on any atom is 0.407 e. The minimum Gasteiger partial charge on any atom is -0.450 e. The quantitative estimate of drug-likeness (QED) is 0.280. The van der Waals surface area contributed by atoms with Crippen molar-refractivity contribution < 1.29 is 22.7 Å². The van der Waals surface area contributed by atoms with E-state index >= 15 is 0 Å². The molecule has 0 aromatic heterocycles. The van der Waals surface area contributed by atoms with Crippen molar-refractivity contribution in [2.45, 2.75) is 11.8 Å². The Hall–Kier alpha value is -3.10. The first-order valence-corrected chi connectivity index (χ1v) is 9.01. The number of sulfonamides is 1. The first-order chi connectivity index (χ1) is 12.3. The second-order valence-corrected chi connectivity index (χ2v) is 6.36. The van der Waals surface area contributed by atoms with E-state index in [1.807, 2.05) is 0 Å². The second kappa shape index (κ2) is 10.0. The number of nitrogens with two attached hydrogens (primary N) is 1. The lowest BCUT2D eigenvalue weighted by Crippen LogP contribution is -2.31. The van der Waals surface area contributed by atoms with Gasteiger partial charge in [0.05, 0.1) is 11.5 Å². The first-order valence-electron chi connectivity index (χ1n) is 7.46. The number of hydrogen-bond donors (Lipinski definition) is 4. The standard InChI is InChI=1S/C15H19N5O5S/c1-2-25-15(22)19-8-7-18-10-11(9-16)14(21)20-12-3-5-13(6-4-12)26(17,23)24/h3-6,10,18H,2,7-8H2,1H3,(H,19,22)(H,20,21)(H2,17,23,24)/b11-10-. The largest absolute Gasteiger partial charge is 0.450 e. The molecular formula is C15H19N5O5S. The van der Waals surface area contributed by atoms with E-state index in [9.17, 15) is 18.0 Å². The lowest BCUT2D eigenvalue weighted by atomic mass is 10.2. The Balaban J connectivity index is 2.55. The van der Waals surface area contributed by atoms with Crippen molar-refractivity contribution in [3.05, 3.63) is 36.0 Å². The fourth-order valence-electron chi connectivity index (χ4n) is 1.67. The number of carbonyl (C=O) groups is 2. The fraction of sp³-hybridized carbons (Fsp3) is 0.267. The predicted octanol–water partition coefficient (Wildman–Crippen LogP) is 0.0157. The zero-order valence-corrected chi connectivity index (χ0v) is 14.8. The molecular weight excluding hydrogens is 362 g/mol. The molecule has 0 aliphatic rings. The van der Waals surface area contributed by atoms with Crippen molar-refractivity contribution in [2.75, 3.05) is 25.0 Å². The summed E-state index contributed by atoms with van der Waals surface area (Å²) in [6, 6.07) is 6.91. The van der Waals surface area contributed by atoms with E-state index in [2.05, 4.69) is 20.7 Å². The molecule has 0 aliphatic heterocycles. The molecule has 1 rings (SSSR count). The third kappa shape index (κ3) is 7.20. The highest BCUT2D eigenvalue weighted by Crippen LogP contribution is 2.13. The molecule has 140 valence electrons. The number of carbonyl (C=O) groups excluding carboxylic acids is 2. The molecule has 5 N–H and O–H groups in total. The van der Waals surface area contributed by atoms with Gasteiger partial charge in [-0.1, -0.05) is 0 Å². The fourth-order valence-corrected chi connectivity index (χ4v) is 2.18. The van der Waals surface area contributed by atoms with Gasteiger partial charge in [0, 0.05) is 25.0 Å². The van der Waals surface area contributed by atoms with E-state index < -0.39 is 22.0 Å². The summed E-state index contributed by atoms with van der Waals surface area (Å²) in [6.07, 6.45) is 0.653. The summed E-state index contributed by atoms with van der Waals surface area (Å²) in [5.41, 5.74) is 0.101. The molecule has 0 saturated carbocycles. The van der Waals surface area contributed by atoms with Crippen LogP contribution >= 0.6 is 0 Å². The van der Waals surface area contributed by atoms with Gasteiger partial charge < -0.3 is 20.7 Å². The van der Waals surface area contributed by atoms with Gasteiger partial charge in [-0.25, -0.2) is 18.4 Å². The normalized spacial score (nSPS) is 11.2. The molecule has 0 spiro atoms. The average molecular weight is 381 g/mol. The van der Waals surface area contributed by atoms with Gasteiger partial charge in [-0.05, 0) is 31.2 Å². The van der Waals surface area contributed by atoms with Gasteiger partial charge in [0.2, 0.25) is 10.0 Å². The van der Waals surface area contributed by atoms with Crippen molar-refractivity contribution in [1.82, 2.24) is 10.6 Å². The highest BCUT2D eigenvalue weighted by Gasteiger charge is 2.11. The molecule has 0 aliphatic carbocycles. The van der Waals surface area contributed by atoms with Crippen molar-refractivity contribution in [3.63, 3.8) is 0 Å². The number of anilines is 1. The lowest BCUT2D eigenvalue weighted by molar-refractivity contribution is -0.112. The summed E-state index contributed by atoms with van der Waals surface area (Å²) in [7, 11) is -3.82. The Labute approximate surface area is 151 Å². The third-order valence-corrected chi connectivity index (χ3v) is 3.80. The van der Waals surface area contributed by atoms with Gasteiger partial charge in [-0.2, -0.15) is 5.26 Å². The van der Waals surface area contributed by atoms with E-state index in [4.69, 9.17) is 10.4 Å². The predicted molar refractivity (Wildman–Crippen MR) is 93.2 cm³/mol. The topological polar surface area (TPSA) is 163 Å². The molecule has 10 nitrogen and oxygen atoms in total. The summed E-state index contributed by atoms with van der Waals surface area (Å²) in [4.78, 5) is 23.0. The monoisotopic (exact) mass is 381 g/mol. The number of rotatable bonds is 8. The van der Waals surface area contributed by atoms with Crippen molar-refractivity contribution in [3.8, 4) is 6.07 Å². The summed E-state index contributed by atoms with van der Waals surface area (Å²) in [6.45, 7) is 2.46. The smallest absolute Gasteiger partial charge is 0.407 e. The number of benzene rings is 1. The number of nitrogens with one attached hydrogen (secondary N) is 3. The lowest BCUT2D eigenvalue weighted by Gasteiger charge is -2.07. The maximum atomic E-state index is 12.0. The van der Waals surface area contributed by atoms with Crippen LogP contribution in [0.4, 0.5) is 10.5 Å². The summed E-state index contributed by atoms with van der Waals surface area (Å²) in [5.74, 6) is -0.679. The molecule has 1 aromatic carbocycles. The first kappa shape index (κ1) is 20.9. The highest BCUT2D eigenvalue weighted by molar-refractivity contribution is 7.89. The SMILES string of the molecule is CCOC(=O)NCCN/C=C(/C#N)C(=O)Nc1ccc(S(N)(=O)=O)cc1. The van der Waals surface area contributed by atoms with Crippen LogP contribution in [0.25, 0.3) is 0 Å². The van der Waals surface area contributed by atoms with Gasteiger partial charge in [-0.3, -0.25) is 4.79 Å². The molecule has 0 saturated heterocycles. The van der Waals surface area contributed by atoms with Gasteiger partial charge >= 0.3 is 6.09 Å². The van der Waals surface area contributed by atoms with Gasteiger partial charge in [0.15, 0.2) is 0 Å². The van der Waals surface area contributed by atoms with Crippen LogP contribution in [0.3, 0.4) is 0 Å². The number of primary sulfonamides is 1. The highest BCUT2D eigenvalue weighted by atomic mass is 32.2. The van der Waals surface area contributed by atoms with Gasteiger partial charge in [0.1, 0.15) is 11.6 Å². The zero-order chi connectivity index (χ0) is 19.6. The van der Waals surface area contributed by atoms with Crippen LogP contribution in [0.2, 0.25) is 0 Å². The average Bonchev–Trinajstić information content (AvgIpc) is 2.58. The number of nitrogens with zero attached hydrogens (tertiary/aromatic N) is 1. The maximum absolute atomic E-state index is 12.0. The minimum atomic E-state index is -3.82. The number of amides is 2. The molecule has 0 fully saturated rings. The van der Waals surface area contributed by atoms with E-state index in [0.29, 0.717) is 5.69 Å². The van der Waals surface area contributed by atoms with Crippen LogP contribution in [0.1, 0.15) is 6.92 Å². The molecule has 1 aromatic rings. The molecule has 26 heavy (non-hydrogen) atoms. The number of ether oxygens (including phenoxy) is 1. The van der Waals surface area contributed by atoms with Crippen LogP contribution < -0.4 is 21.1 Å². The Morgan fingerprint density at radius 2 is 1.92 bits per heavy atom. The van der Waals surface area contributed by atoms with Crippen LogP contribution in [-0.4, -0.2) is 40.1 Å². The molecule has 0 unspecified atom stereocenters. The van der Waals surface area contributed by atoms with Crippen LogP contribution in [0, 0.1) is 11.3 Å². The van der Waals surface area contributed by atoms with Crippen LogP contribution in [0.5, 0.6) is 0 Å². The molecule has 0 heterocycles. The van der Waals surface area contributed by atoms with E-state index in [1.54, 1.807) is 13.0 Å². The molecule has 11 heteroatoms. The molecule has 0 bridgehead atoms. The Kier molecular flexibility index (Phi) is 8.07. The summed E-state index contributed by atoms with van der Waals surface area (Å²) < 4.78 is 27.0. The van der Waals surface area contributed by atoms with E-state index in [1.165, 1.54) is 30.5 Å². The Morgan fingerprint density at radius 1 is 1.27 bits per heavy atom. The van der Waals surface area contributed by atoms with Crippen molar-refractivity contribution in [1.29, 1.82) is 5.26 Å². The molecule has 2 amide bonds. The van der Waals surface area contributed by atoms with Crippen LogP contribution in [0.15, 0.2) is 40.9 Å². The summed E-state index contributed by atoms with van der Waals surface area (Å²) >= 11 is 0. The zero-order valence-electron chi connectivity index (χ0n) is 14.0. The van der Waals surface area contributed by atoms with Crippen LogP contribution in [-0.2, 0) is 19.6 Å². The molecule has 0 radical (unpaired) electrons. The molecule has 0 atom stereocenters. The Bertz CT molecular complexity index is 812. The summed E-state index contributed by atoms with van der Waals surface area (Å²) in [5, 5.41) is 21.7. The van der Waals surface area contributed by atoms with Crippen molar-refractivity contribution >= 4 is 27.7 Å². The second-order valence-electron chi connectivity index (χ2n) is 4.79. The number of alkyl carbamates (subject to hydrolysis) is 1. The number of hydrogen-bond acceptors (Lipinski definition) is 7. The number of nitriles is 1. The van der Waals surface area contributed by atoms with Gasteiger partial charge in [-0.15, -0.1) is 0 Å². The van der Waals surface area contributed by atoms with E-state index in [0.717, 1.165) is 0 Å². The van der Waals surface area contributed by atoms with Gasteiger partial charge in [0.25, 0.3) is 5.91 Å². The minimum absolute atomic E-state index is 0.0951. The third-order valence-electron chi connectivity index (χ3n) is 2.87. The Morgan fingerprint density at radius 3 is 2.46 bits per heavy atom. The van der Waals surface area contributed by atoms with Crippen molar-refractivity contribution in [2.24, 2.45) is 5.14 Å².